The van der Waals surface area contributed by atoms with Gasteiger partial charge in [-0.1, -0.05) is 19.3 Å². The summed E-state index contributed by atoms with van der Waals surface area (Å²) in [6, 6.07) is 0.326. The Bertz CT molecular complexity index is 609. The molecule has 2 aliphatic rings. The van der Waals surface area contributed by atoms with E-state index in [4.69, 9.17) is 4.74 Å². The first-order valence-corrected chi connectivity index (χ1v) is 11.9. The van der Waals surface area contributed by atoms with Crippen molar-refractivity contribution in [3.05, 3.63) is 0 Å². The number of halogens is 1. The van der Waals surface area contributed by atoms with E-state index < -0.39 is 5.60 Å². The first kappa shape index (κ1) is 28.8. The van der Waals surface area contributed by atoms with E-state index in [1.807, 2.05) is 27.7 Å². The van der Waals surface area contributed by atoms with Gasteiger partial charge in [0.25, 0.3) is 0 Å². The average Bonchev–Trinajstić information content (AvgIpc) is 2.72. The van der Waals surface area contributed by atoms with E-state index in [1.165, 1.54) is 19.3 Å². The fourth-order valence-corrected chi connectivity index (χ4v) is 4.32. The fourth-order valence-electron chi connectivity index (χ4n) is 4.32. The number of hydrogen-bond acceptors (Lipinski definition) is 4. The van der Waals surface area contributed by atoms with Gasteiger partial charge in [0.2, 0.25) is 5.91 Å². The summed E-state index contributed by atoms with van der Waals surface area (Å²) in [6.07, 6.45) is 7.59. The van der Waals surface area contributed by atoms with Crippen LogP contribution in [0.25, 0.3) is 0 Å². The highest BCUT2D eigenvalue weighted by Crippen LogP contribution is 2.20. The van der Waals surface area contributed by atoms with E-state index in [0.29, 0.717) is 18.5 Å². The summed E-state index contributed by atoms with van der Waals surface area (Å²) in [6.45, 7) is 11.0. The third kappa shape index (κ3) is 10.1. The molecule has 186 valence electrons. The lowest BCUT2D eigenvalue weighted by molar-refractivity contribution is -0.120. The summed E-state index contributed by atoms with van der Waals surface area (Å²) in [4.78, 5) is 33.1. The van der Waals surface area contributed by atoms with E-state index >= 15 is 0 Å². The second-order valence-electron chi connectivity index (χ2n) is 9.75. The number of hydrogen-bond donors (Lipinski definition) is 2. The van der Waals surface area contributed by atoms with Crippen LogP contribution in [0.3, 0.4) is 0 Å². The van der Waals surface area contributed by atoms with Gasteiger partial charge in [-0.25, -0.2) is 4.79 Å². The van der Waals surface area contributed by atoms with Crippen LogP contribution in [0.1, 0.15) is 72.6 Å². The standard InChI is InChI=1S/C23H43N5O3.HI/c1-6-27(22(30)31-23(2,3)4)17-18-12-14-28(15-13-18)21(24-5)25-16-20(29)26-19-10-8-7-9-11-19;/h18-19H,6-17H2,1-5H3,(H,24,25)(H,26,29);1H. The second kappa shape index (κ2) is 14.1. The number of nitrogens with one attached hydrogen (secondary N) is 2. The molecule has 1 saturated heterocycles. The molecule has 0 unspecified atom stereocenters. The van der Waals surface area contributed by atoms with Crippen molar-refractivity contribution in [3.63, 3.8) is 0 Å². The van der Waals surface area contributed by atoms with Gasteiger partial charge in [0.1, 0.15) is 5.60 Å². The molecule has 0 atom stereocenters. The highest BCUT2D eigenvalue weighted by molar-refractivity contribution is 14.0. The molecule has 0 radical (unpaired) electrons. The van der Waals surface area contributed by atoms with Crippen LogP contribution in [0.2, 0.25) is 0 Å². The van der Waals surface area contributed by atoms with Crippen LogP contribution in [0.5, 0.6) is 0 Å². The van der Waals surface area contributed by atoms with Crippen LogP contribution >= 0.6 is 24.0 Å². The SMILES string of the molecule is CCN(CC1CCN(C(=NC)NCC(=O)NC2CCCCC2)CC1)C(=O)OC(C)(C)C.I. The van der Waals surface area contributed by atoms with Crippen LogP contribution < -0.4 is 10.6 Å². The molecule has 32 heavy (non-hydrogen) atoms. The lowest BCUT2D eigenvalue weighted by Gasteiger charge is -2.36. The van der Waals surface area contributed by atoms with Gasteiger partial charge in [0, 0.05) is 39.3 Å². The summed E-state index contributed by atoms with van der Waals surface area (Å²) in [7, 11) is 1.76. The van der Waals surface area contributed by atoms with E-state index in [1.54, 1.807) is 11.9 Å². The minimum absolute atomic E-state index is 0. The molecule has 0 spiro atoms. The van der Waals surface area contributed by atoms with Gasteiger partial charge in [-0.15, -0.1) is 24.0 Å². The summed E-state index contributed by atoms with van der Waals surface area (Å²) in [5.41, 5.74) is -0.477. The minimum Gasteiger partial charge on any atom is -0.444 e. The molecule has 2 rings (SSSR count). The van der Waals surface area contributed by atoms with Gasteiger partial charge >= 0.3 is 6.09 Å². The topological polar surface area (TPSA) is 86.3 Å². The molecule has 1 saturated carbocycles. The number of guanidine groups is 1. The lowest BCUT2D eigenvalue weighted by atomic mass is 9.95. The molecule has 0 aromatic carbocycles. The van der Waals surface area contributed by atoms with Crippen LogP contribution in [-0.2, 0) is 9.53 Å². The zero-order valence-corrected chi connectivity index (χ0v) is 22.9. The van der Waals surface area contributed by atoms with E-state index in [9.17, 15) is 9.59 Å². The third-order valence-corrected chi connectivity index (χ3v) is 6.02. The number of carbonyl (C=O) groups excluding carboxylic acids is 2. The smallest absolute Gasteiger partial charge is 0.410 e. The number of amides is 2. The number of nitrogens with zero attached hydrogens (tertiary/aromatic N) is 3. The Labute approximate surface area is 211 Å². The molecule has 0 aromatic heterocycles. The minimum atomic E-state index is -0.477. The van der Waals surface area contributed by atoms with Crippen molar-refractivity contribution in [1.29, 1.82) is 0 Å². The summed E-state index contributed by atoms with van der Waals surface area (Å²) >= 11 is 0. The normalized spacial score (nSPS) is 18.5. The molecular formula is C23H44IN5O3. The van der Waals surface area contributed by atoms with Crippen molar-refractivity contribution >= 4 is 41.9 Å². The Morgan fingerprint density at radius 2 is 1.72 bits per heavy atom. The monoisotopic (exact) mass is 565 g/mol. The largest absolute Gasteiger partial charge is 0.444 e. The van der Waals surface area contributed by atoms with Gasteiger partial charge in [-0.3, -0.25) is 9.79 Å². The van der Waals surface area contributed by atoms with E-state index in [0.717, 1.165) is 51.3 Å². The molecule has 1 heterocycles. The predicted octanol–water partition coefficient (Wildman–Crippen LogP) is 3.60. The third-order valence-electron chi connectivity index (χ3n) is 6.02. The first-order chi connectivity index (χ1) is 14.7. The highest BCUT2D eigenvalue weighted by Gasteiger charge is 2.27. The molecule has 2 fully saturated rings. The van der Waals surface area contributed by atoms with Gasteiger partial charge in [0.15, 0.2) is 5.96 Å². The van der Waals surface area contributed by atoms with Crippen LogP contribution in [0.4, 0.5) is 4.79 Å². The fraction of sp³-hybridized carbons (Fsp3) is 0.870. The Balaban J connectivity index is 0.00000512. The maximum absolute atomic E-state index is 12.4. The van der Waals surface area contributed by atoms with Gasteiger partial charge < -0.3 is 25.2 Å². The van der Waals surface area contributed by atoms with Crippen LogP contribution in [0.15, 0.2) is 4.99 Å². The Hall–Kier alpha value is -1.26. The molecule has 8 nitrogen and oxygen atoms in total. The highest BCUT2D eigenvalue weighted by atomic mass is 127. The van der Waals surface area contributed by atoms with Crippen molar-refractivity contribution in [2.24, 2.45) is 10.9 Å². The molecule has 2 N–H and O–H groups in total. The van der Waals surface area contributed by atoms with Crippen LogP contribution in [0, 0.1) is 5.92 Å². The average molecular weight is 566 g/mol. The first-order valence-electron chi connectivity index (χ1n) is 11.9. The van der Waals surface area contributed by atoms with Crippen molar-refractivity contribution < 1.29 is 14.3 Å². The molecule has 1 aliphatic carbocycles. The second-order valence-corrected chi connectivity index (χ2v) is 9.75. The Morgan fingerprint density at radius 1 is 1.09 bits per heavy atom. The number of ether oxygens (including phenoxy) is 1. The summed E-state index contributed by atoms with van der Waals surface area (Å²) in [5, 5.41) is 6.36. The maximum Gasteiger partial charge on any atom is 0.410 e. The number of likely N-dealkylation sites (tertiary alicyclic amines) is 1. The molecule has 0 aromatic rings. The van der Waals surface area contributed by atoms with Crippen molar-refractivity contribution in [1.82, 2.24) is 20.4 Å². The van der Waals surface area contributed by atoms with Gasteiger partial charge in [0.05, 0.1) is 6.54 Å². The summed E-state index contributed by atoms with van der Waals surface area (Å²) < 4.78 is 5.53. The molecule has 1 aliphatic heterocycles. The number of carbonyl (C=O) groups is 2. The lowest BCUT2D eigenvalue weighted by Crippen LogP contribution is -2.50. The quantitative estimate of drug-likeness (QED) is 0.292. The number of aliphatic imine (C=N–C) groups is 1. The van der Waals surface area contributed by atoms with Crippen molar-refractivity contribution in [2.45, 2.75) is 84.3 Å². The van der Waals surface area contributed by atoms with Gasteiger partial charge in [-0.2, -0.15) is 0 Å². The molecule has 9 heteroatoms. The molecular weight excluding hydrogens is 521 g/mol. The van der Waals surface area contributed by atoms with Gasteiger partial charge in [-0.05, 0) is 59.3 Å². The predicted molar refractivity (Wildman–Crippen MR) is 140 cm³/mol. The van der Waals surface area contributed by atoms with Crippen LogP contribution in [-0.4, -0.2) is 79.2 Å². The zero-order valence-electron chi connectivity index (χ0n) is 20.6. The van der Waals surface area contributed by atoms with Crippen molar-refractivity contribution in [3.8, 4) is 0 Å². The Morgan fingerprint density at radius 3 is 2.25 bits per heavy atom. The van der Waals surface area contributed by atoms with E-state index in [-0.39, 0.29) is 42.5 Å². The van der Waals surface area contributed by atoms with Crippen molar-refractivity contribution in [2.75, 3.05) is 39.8 Å². The molecule has 0 bridgehead atoms. The zero-order chi connectivity index (χ0) is 22.9. The number of rotatable bonds is 6. The van der Waals surface area contributed by atoms with E-state index in [2.05, 4.69) is 20.5 Å². The maximum atomic E-state index is 12.4. The Kier molecular flexibility index (Phi) is 12.7. The number of piperidine rings is 1. The summed E-state index contributed by atoms with van der Waals surface area (Å²) in [5.74, 6) is 1.26. The molecule has 2 amide bonds.